The molecule has 1 nitrogen and oxygen atoms in total. The van der Waals surface area contributed by atoms with Gasteiger partial charge < -0.3 is 0 Å². The number of rotatable bonds is 2. The minimum absolute atomic E-state index is 0.588. The monoisotopic (exact) mass is 179 g/mol. The molecule has 0 amide bonds. The Hall–Kier alpha value is -1.29. The van der Waals surface area contributed by atoms with Gasteiger partial charge in [0.2, 0.25) is 0 Å². The molecule has 1 heteroatoms. The number of hydrogen-bond acceptors (Lipinski definition) is 1. The van der Waals surface area contributed by atoms with Gasteiger partial charge in [0.05, 0.1) is 11.6 Å². The fraction of sp³-hybridized carbons (Fsp3) is 0.417. The first-order valence-corrected chi connectivity index (χ1v) is 4.62. The molecule has 0 aliphatic rings. The van der Waals surface area contributed by atoms with Crippen LogP contribution in [0.3, 0.4) is 0 Å². The lowest BCUT2D eigenvalue weighted by molar-refractivity contribution is 1.43. The normalized spacial score (nSPS) is 8.62. The molecule has 0 aliphatic heterocycles. The second kappa shape index (κ2) is 17.0. The molecule has 0 aromatic carbocycles. The summed E-state index contributed by atoms with van der Waals surface area (Å²) in [6.07, 6.45) is 3.16. The Bertz CT molecular complexity index is 192. The largest absolute Gasteiger partial charge is 0.192 e. The van der Waals surface area contributed by atoms with Crippen molar-refractivity contribution in [2.75, 3.05) is 0 Å². The van der Waals surface area contributed by atoms with Crippen molar-refractivity contribution in [3.05, 3.63) is 36.5 Å². The van der Waals surface area contributed by atoms with E-state index in [1.165, 1.54) is 6.08 Å². The molecule has 0 unspecified atom stereocenters. The van der Waals surface area contributed by atoms with Crippen LogP contribution in [0.2, 0.25) is 0 Å². The van der Waals surface area contributed by atoms with Gasteiger partial charge in [-0.05, 0) is 12.5 Å². The third-order valence-electron chi connectivity index (χ3n) is 1.06. The van der Waals surface area contributed by atoms with Crippen molar-refractivity contribution in [3.63, 3.8) is 0 Å². The molecule has 0 saturated carbocycles. The van der Waals surface area contributed by atoms with Crippen molar-refractivity contribution in [2.24, 2.45) is 0 Å². The summed E-state index contributed by atoms with van der Waals surface area (Å²) in [5.74, 6) is 0. The van der Waals surface area contributed by atoms with Crippen LogP contribution in [0.4, 0.5) is 0 Å². The van der Waals surface area contributed by atoms with E-state index in [4.69, 9.17) is 5.26 Å². The van der Waals surface area contributed by atoms with Gasteiger partial charge in [0, 0.05) is 0 Å². The van der Waals surface area contributed by atoms with E-state index in [0.29, 0.717) is 5.57 Å². The zero-order valence-corrected chi connectivity index (χ0v) is 9.52. The van der Waals surface area contributed by atoms with Crippen LogP contribution < -0.4 is 0 Å². The first kappa shape index (κ1) is 17.7. The summed E-state index contributed by atoms with van der Waals surface area (Å²) in [5, 5.41) is 8.40. The van der Waals surface area contributed by atoms with Crippen molar-refractivity contribution in [2.45, 2.75) is 34.6 Å². The molecule has 0 radical (unpaired) electrons. The van der Waals surface area contributed by atoms with E-state index in [1.807, 2.05) is 40.7 Å². The van der Waals surface area contributed by atoms with Gasteiger partial charge in [-0.3, -0.25) is 0 Å². The molecule has 0 aliphatic carbocycles. The first-order valence-electron chi connectivity index (χ1n) is 4.62. The standard InChI is InChI=1S/C8H9N.2C2H6/c1-4-7(3)8(5-2)6-9;2*1-2/h4-5H,1-2H2,3H3;2*1-2H3/b8-7+;;. The molecule has 0 spiro atoms. The van der Waals surface area contributed by atoms with Crippen molar-refractivity contribution in [1.82, 2.24) is 0 Å². The Labute approximate surface area is 83.1 Å². The average molecular weight is 179 g/mol. The maximum atomic E-state index is 8.40. The molecular formula is C12H21N. The predicted molar refractivity (Wildman–Crippen MR) is 61.4 cm³/mol. The lowest BCUT2D eigenvalue weighted by Gasteiger charge is -1.89. The van der Waals surface area contributed by atoms with Crippen LogP contribution >= 0.6 is 0 Å². The average Bonchev–Trinajstić information content (AvgIpc) is 2.25. The molecule has 0 aromatic rings. The molecule has 13 heavy (non-hydrogen) atoms. The lowest BCUT2D eigenvalue weighted by Crippen LogP contribution is -1.75. The third-order valence-corrected chi connectivity index (χ3v) is 1.06. The molecule has 0 atom stereocenters. The van der Waals surface area contributed by atoms with Crippen LogP contribution in [-0.4, -0.2) is 0 Å². The highest BCUT2D eigenvalue weighted by Crippen LogP contribution is 2.03. The molecule has 0 saturated heterocycles. The highest BCUT2D eigenvalue weighted by atomic mass is 14.2. The van der Waals surface area contributed by atoms with Gasteiger partial charge in [-0.1, -0.05) is 53.0 Å². The highest BCUT2D eigenvalue weighted by molar-refractivity contribution is 5.39. The van der Waals surface area contributed by atoms with E-state index >= 15 is 0 Å². The van der Waals surface area contributed by atoms with Crippen molar-refractivity contribution < 1.29 is 0 Å². The Morgan fingerprint density at radius 3 is 1.54 bits per heavy atom. The Morgan fingerprint density at radius 1 is 1.08 bits per heavy atom. The van der Waals surface area contributed by atoms with E-state index < -0.39 is 0 Å². The van der Waals surface area contributed by atoms with Gasteiger partial charge in [0.25, 0.3) is 0 Å². The van der Waals surface area contributed by atoms with Crippen LogP contribution in [0.15, 0.2) is 36.5 Å². The van der Waals surface area contributed by atoms with Crippen LogP contribution in [0.25, 0.3) is 0 Å². The second-order valence-corrected chi connectivity index (χ2v) is 1.62. The van der Waals surface area contributed by atoms with Crippen molar-refractivity contribution in [3.8, 4) is 6.07 Å². The first-order chi connectivity index (χ1) is 6.26. The summed E-state index contributed by atoms with van der Waals surface area (Å²) in [4.78, 5) is 0. The van der Waals surface area contributed by atoms with Gasteiger partial charge in [0.15, 0.2) is 0 Å². The molecule has 0 aromatic heterocycles. The topological polar surface area (TPSA) is 23.8 Å². The fourth-order valence-electron chi connectivity index (χ4n) is 0.405. The van der Waals surface area contributed by atoms with Crippen LogP contribution in [-0.2, 0) is 0 Å². The third kappa shape index (κ3) is 10.7. The predicted octanol–water partition coefficient (Wildman–Crippen LogP) is 4.25. The van der Waals surface area contributed by atoms with Gasteiger partial charge in [-0.25, -0.2) is 0 Å². The van der Waals surface area contributed by atoms with Crippen LogP contribution in [0.1, 0.15) is 34.6 Å². The lowest BCUT2D eigenvalue weighted by atomic mass is 10.1. The van der Waals surface area contributed by atoms with Gasteiger partial charge >= 0.3 is 0 Å². The molecule has 0 bridgehead atoms. The molecule has 0 N–H and O–H groups in total. The molecule has 0 rings (SSSR count). The highest BCUT2D eigenvalue weighted by Gasteiger charge is 1.89. The number of nitrogens with zero attached hydrogens (tertiary/aromatic N) is 1. The second-order valence-electron chi connectivity index (χ2n) is 1.62. The zero-order chi connectivity index (χ0) is 11.3. The Balaban J connectivity index is -0.000000218. The summed E-state index contributed by atoms with van der Waals surface area (Å²) in [7, 11) is 0. The number of nitriles is 1. The van der Waals surface area contributed by atoms with Crippen LogP contribution in [0.5, 0.6) is 0 Å². The van der Waals surface area contributed by atoms with Gasteiger partial charge in [0.1, 0.15) is 0 Å². The minimum atomic E-state index is 0.588. The summed E-state index contributed by atoms with van der Waals surface area (Å²) in [6, 6.07) is 1.99. The quantitative estimate of drug-likeness (QED) is 0.459. The van der Waals surface area contributed by atoms with E-state index in [9.17, 15) is 0 Å². The number of allylic oxidation sites excluding steroid dienone is 4. The van der Waals surface area contributed by atoms with E-state index in [0.717, 1.165) is 5.57 Å². The number of hydrogen-bond donors (Lipinski definition) is 0. The molecule has 0 heterocycles. The van der Waals surface area contributed by atoms with Gasteiger partial charge in [-0.2, -0.15) is 5.26 Å². The molecular weight excluding hydrogens is 158 g/mol. The van der Waals surface area contributed by atoms with E-state index in [1.54, 1.807) is 6.08 Å². The smallest absolute Gasteiger partial charge is 0.0994 e. The van der Waals surface area contributed by atoms with Crippen molar-refractivity contribution in [1.29, 1.82) is 5.26 Å². The Kier molecular flexibility index (Phi) is 23.1. The fourth-order valence-corrected chi connectivity index (χ4v) is 0.405. The molecule has 74 valence electrons. The SMILES string of the molecule is C=C/C(C)=C(/C#N)C=C.CC.CC. The van der Waals surface area contributed by atoms with Crippen molar-refractivity contribution >= 4 is 0 Å². The minimum Gasteiger partial charge on any atom is -0.192 e. The van der Waals surface area contributed by atoms with E-state index in [2.05, 4.69) is 13.2 Å². The zero-order valence-electron chi connectivity index (χ0n) is 9.52. The van der Waals surface area contributed by atoms with Gasteiger partial charge in [-0.15, -0.1) is 0 Å². The van der Waals surface area contributed by atoms with Crippen LogP contribution in [0, 0.1) is 11.3 Å². The summed E-state index contributed by atoms with van der Waals surface area (Å²) in [6.45, 7) is 16.8. The summed E-state index contributed by atoms with van der Waals surface area (Å²) < 4.78 is 0. The van der Waals surface area contributed by atoms with E-state index in [-0.39, 0.29) is 0 Å². The summed E-state index contributed by atoms with van der Waals surface area (Å²) in [5.41, 5.74) is 1.46. The summed E-state index contributed by atoms with van der Waals surface area (Å²) >= 11 is 0. The maximum absolute atomic E-state index is 8.40. The maximum Gasteiger partial charge on any atom is 0.0994 e. The Morgan fingerprint density at radius 2 is 1.46 bits per heavy atom. The molecule has 0 fully saturated rings.